The van der Waals surface area contributed by atoms with E-state index in [1.165, 1.54) is 12.1 Å². The molecule has 88 valence electrons. The summed E-state index contributed by atoms with van der Waals surface area (Å²) in [6, 6.07) is 4.25. The van der Waals surface area contributed by atoms with Crippen LogP contribution in [0.1, 0.15) is 5.56 Å². The number of hydrogen-bond donors (Lipinski definition) is 3. The highest BCUT2D eigenvalue weighted by molar-refractivity contribution is 8.26. The highest BCUT2D eigenvalue weighted by Crippen LogP contribution is 2.32. The van der Waals surface area contributed by atoms with E-state index in [-0.39, 0.29) is 21.7 Å². The van der Waals surface area contributed by atoms with Crippen molar-refractivity contribution in [3.05, 3.63) is 28.7 Å². The lowest BCUT2D eigenvalue weighted by atomic mass is 10.2. The van der Waals surface area contributed by atoms with Crippen molar-refractivity contribution < 1.29 is 15.0 Å². The zero-order valence-electron chi connectivity index (χ0n) is 8.45. The zero-order valence-corrected chi connectivity index (χ0v) is 10.1. The van der Waals surface area contributed by atoms with Crippen LogP contribution in [-0.2, 0) is 4.79 Å². The number of phenolic OH excluding ortho intramolecular Hbond substituents is 2. The first kappa shape index (κ1) is 11.9. The van der Waals surface area contributed by atoms with Gasteiger partial charge in [0.05, 0.1) is 4.91 Å². The van der Waals surface area contributed by atoms with Crippen LogP contribution >= 0.6 is 24.0 Å². The zero-order chi connectivity index (χ0) is 12.6. The molecule has 1 aromatic rings. The number of hydrogen-bond acceptors (Lipinski definition) is 6. The van der Waals surface area contributed by atoms with E-state index >= 15 is 0 Å². The van der Waals surface area contributed by atoms with Gasteiger partial charge in [0.25, 0.3) is 5.91 Å². The van der Waals surface area contributed by atoms with E-state index in [9.17, 15) is 9.90 Å². The van der Waals surface area contributed by atoms with Gasteiger partial charge in [0.15, 0.2) is 15.8 Å². The molecule has 1 amide bonds. The average molecular weight is 268 g/mol. The van der Waals surface area contributed by atoms with Crippen molar-refractivity contribution >= 4 is 40.3 Å². The van der Waals surface area contributed by atoms with Crippen molar-refractivity contribution in [3.63, 3.8) is 0 Å². The number of carbonyl (C=O) groups excluding carboxylic acids is 1. The molecule has 0 bridgehead atoms. The molecule has 2 rings (SSSR count). The van der Waals surface area contributed by atoms with Gasteiger partial charge in [-0.15, -0.1) is 0 Å². The molecule has 1 aromatic carbocycles. The minimum atomic E-state index is -0.382. The summed E-state index contributed by atoms with van der Waals surface area (Å²) in [4.78, 5) is 12.0. The number of carbonyl (C=O) groups is 1. The molecule has 1 fully saturated rings. The summed E-state index contributed by atoms with van der Waals surface area (Å²) in [5.41, 5.74) is 0.578. The van der Waals surface area contributed by atoms with Crippen LogP contribution in [0.2, 0.25) is 0 Å². The Balaban J connectivity index is 2.34. The van der Waals surface area contributed by atoms with E-state index in [0.717, 1.165) is 16.8 Å². The topological polar surface area (TPSA) is 86.8 Å². The summed E-state index contributed by atoms with van der Waals surface area (Å²) >= 11 is 5.96. The lowest BCUT2D eigenvalue weighted by Gasteiger charge is -2.03. The number of phenols is 2. The molecule has 0 radical (unpaired) electrons. The molecular formula is C10H8N2O3S2. The van der Waals surface area contributed by atoms with Crippen LogP contribution in [0.5, 0.6) is 11.5 Å². The van der Waals surface area contributed by atoms with Crippen molar-refractivity contribution in [3.8, 4) is 11.5 Å². The highest BCUT2D eigenvalue weighted by atomic mass is 32.2. The molecule has 1 aliphatic rings. The molecule has 1 heterocycles. The molecule has 0 aliphatic carbocycles. The predicted molar refractivity (Wildman–Crippen MR) is 69.0 cm³/mol. The van der Waals surface area contributed by atoms with Crippen molar-refractivity contribution in [2.45, 2.75) is 0 Å². The Morgan fingerprint density at radius 1 is 1.35 bits per heavy atom. The van der Waals surface area contributed by atoms with E-state index in [4.69, 9.17) is 23.2 Å². The van der Waals surface area contributed by atoms with Crippen molar-refractivity contribution in [2.75, 3.05) is 0 Å². The SMILES string of the molecule is NN1C(=O)/C(=C/c2ccc(O)c(O)c2)SC1=S. The Kier molecular flexibility index (Phi) is 3.05. The number of amides is 1. The molecule has 0 atom stereocenters. The summed E-state index contributed by atoms with van der Waals surface area (Å²) in [6.45, 7) is 0. The van der Waals surface area contributed by atoms with Gasteiger partial charge in [0, 0.05) is 0 Å². The van der Waals surface area contributed by atoms with Crippen LogP contribution in [0.25, 0.3) is 6.08 Å². The molecule has 4 N–H and O–H groups in total. The largest absolute Gasteiger partial charge is 0.504 e. The number of rotatable bonds is 1. The van der Waals surface area contributed by atoms with Crippen LogP contribution in [0.4, 0.5) is 0 Å². The van der Waals surface area contributed by atoms with Gasteiger partial charge in [-0.05, 0) is 23.8 Å². The Hall–Kier alpha value is -1.57. The Labute approximate surface area is 106 Å². The molecule has 5 nitrogen and oxygen atoms in total. The van der Waals surface area contributed by atoms with Crippen LogP contribution in [0.3, 0.4) is 0 Å². The fourth-order valence-electron chi connectivity index (χ4n) is 1.26. The maximum Gasteiger partial charge on any atom is 0.280 e. The van der Waals surface area contributed by atoms with Gasteiger partial charge in [-0.2, -0.15) is 0 Å². The first-order chi connectivity index (χ1) is 7.99. The Bertz CT molecular complexity index is 542. The standard InChI is InChI=1S/C10H8N2O3S2/c11-12-9(15)8(17-10(12)16)4-5-1-2-6(13)7(14)3-5/h1-4,13-14H,11H2/b8-4-. The Morgan fingerprint density at radius 2 is 2.06 bits per heavy atom. The van der Waals surface area contributed by atoms with Crippen LogP contribution in [0, 0.1) is 0 Å². The number of benzene rings is 1. The van der Waals surface area contributed by atoms with E-state index in [0.29, 0.717) is 10.5 Å². The molecule has 17 heavy (non-hydrogen) atoms. The van der Waals surface area contributed by atoms with Gasteiger partial charge in [0.1, 0.15) is 0 Å². The smallest absolute Gasteiger partial charge is 0.280 e. The fourth-order valence-corrected chi connectivity index (χ4v) is 2.36. The summed E-state index contributed by atoms with van der Waals surface area (Å²) in [7, 11) is 0. The van der Waals surface area contributed by atoms with Crippen LogP contribution in [0.15, 0.2) is 23.1 Å². The minimum absolute atomic E-state index is 0.214. The molecule has 0 spiro atoms. The van der Waals surface area contributed by atoms with Gasteiger partial charge in [0.2, 0.25) is 0 Å². The van der Waals surface area contributed by atoms with Gasteiger partial charge in [-0.3, -0.25) is 4.79 Å². The predicted octanol–water partition coefficient (Wildman–Crippen LogP) is 1.17. The monoisotopic (exact) mass is 268 g/mol. The van der Waals surface area contributed by atoms with E-state index in [2.05, 4.69) is 0 Å². The van der Waals surface area contributed by atoms with Gasteiger partial charge < -0.3 is 10.2 Å². The van der Waals surface area contributed by atoms with E-state index in [1.54, 1.807) is 12.1 Å². The fraction of sp³-hybridized carbons (Fsp3) is 0. The summed E-state index contributed by atoms with van der Waals surface area (Å²) < 4.78 is 0.282. The summed E-state index contributed by atoms with van der Waals surface area (Å²) in [6.07, 6.45) is 1.55. The number of hydrazine groups is 1. The van der Waals surface area contributed by atoms with Gasteiger partial charge >= 0.3 is 0 Å². The Morgan fingerprint density at radius 3 is 2.59 bits per heavy atom. The second kappa shape index (κ2) is 4.36. The van der Waals surface area contributed by atoms with Crippen LogP contribution < -0.4 is 5.84 Å². The first-order valence-electron chi connectivity index (χ1n) is 4.53. The summed E-state index contributed by atoms with van der Waals surface area (Å²) in [5.74, 6) is 4.57. The molecule has 1 saturated heterocycles. The lowest BCUT2D eigenvalue weighted by Crippen LogP contribution is -2.34. The number of nitrogens with two attached hydrogens (primary N) is 1. The average Bonchev–Trinajstić information content (AvgIpc) is 2.52. The lowest BCUT2D eigenvalue weighted by molar-refractivity contribution is -0.122. The number of nitrogens with zero attached hydrogens (tertiary/aromatic N) is 1. The molecule has 0 aromatic heterocycles. The second-order valence-electron chi connectivity index (χ2n) is 3.30. The molecule has 0 saturated carbocycles. The number of thiocarbonyl (C=S) groups is 1. The molecule has 0 unspecified atom stereocenters. The van der Waals surface area contributed by atoms with Crippen molar-refractivity contribution in [1.82, 2.24) is 5.01 Å². The second-order valence-corrected chi connectivity index (χ2v) is 4.98. The first-order valence-corrected chi connectivity index (χ1v) is 5.76. The molecule has 1 aliphatic heterocycles. The minimum Gasteiger partial charge on any atom is -0.504 e. The van der Waals surface area contributed by atoms with Crippen LogP contribution in [-0.4, -0.2) is 25.4 Å². The highest BCUT2D eigenvalue weighted by Gasteiger charge is 2.29. The maximum atomic E-state index is 11.6. The third-order valence-electron chi connectivity index (χ3n) is 2.12. The normalized spacial score (nSPS) is 18.2. The van der Waals surface area contributed by atoms with Gasteiger partial charge in [-0.1, -0.05) is 30.0 Å². The van der Waals surface area contributed by atoms with Gasteiger partial charge in [-0.25, -0.2) is 10.9 Å². The third kappa shape index (κ3) is 2.26. The van der Waals surface area contributed by atoms with Crippen molar-refractivity contribution in [2.24, 2.45) is 5.84 Å². The maximum absolute atomic E-state index is 11.6. The number of thioether (sulfide) groups is 1. The van der Waals surface area contributed by atoms with E-state index < -0.39 is 0 Å². The molecule has 7 heteroatoms. The van der Waals surface area contributed by atoms with E-state index in [1.807, 2.05) is 0 Å². The summed E-state index contributed by atoms with van der Waals surface area (Å²) in [5, 5.41) is 19.4. The van der Waals surface area contributed by atoms with Crippen molar-refractivity contribution in [1.29, 1.82) is 0 Å². The quantitative estimate of drug-likeness (QED) is 0.233. The number of aromatic hydroxyl groups is 2. The molecular weight excluding hydrogens is 260 g/mol. The third-order valence-corrected chi connectivity index (χ3v) is 3.45.